The van der Waals surface area contributed by atoms with Crippen LogP contribution in [0.5, 0.6) is 0 Å². The third kappa shape index (κ3) is 3.19. The number of aromatic nitrogens is 1. The van der Waals surface area contributed by atoms with Crippen LogP contribution in [0.15, 0.2) is 5.38 Å². The quantitative estimate of drug-likeness (QED) is 0.880. The highest BCUT2D eigenvalue weighted by molar-refractivity contribution is 7.09. The summed E-state index contributed by atoms with van der Waals surface area (Å²) < 4.78 is 0. The van der Waals surface area contributed by atoms with E-state index in [0.717, 1.165) is 30.1 Å². The molecule has 1 saturated heterocycles. The van der Waals surface area contributed by atoms with Gasteiger partial charge in [-0.05, 0) is 33.1 Å². The normalized spacial score (nSPS) is 20.4. The number of carbonyl (C=O) groups is 1. The Labute approximate surface area is 106 Å². The van der Waals surface area contributed by atoms with Crippen LogP contribution in [0.3, 0.4) is 0 Å². The smallest absolute Gasteiger partial charge is 0.317 e. The molecule has 0 radical (unpaired) electrons. The number of nitrogens with one attached hydrogen (secondary N) is 1. The van der Waals surface area contributed by atoms with Crippen LogP contribution in [-0.2, 0) is 6.54 Å². The molecule has 1 unspecified atom stereocenters. The van der Waals surface area contributed by atoms with Crippen molar-refractivity contribution >= 4 is 17.4 Å². The van der Waals surface area contributed by atoms with E-state index < -0.39 is 0 Å². The van der Waals surface area contributed by atoms with Crippen molar-refractivity contribution in [2.24, 2.45) is 0 Å². The molecule has 1 aromatic heterocycles. The van der Waals surface area contributed by atoms with Crippen molar-refractivity contribution in [3.05, 3.63) is 16.1 Å². The molecule has 2 rings (SSSR count). The third-order valence-corrected chi connectivity index (χ3v) is 3.97. The number of nitrogens with zero attached hydrogens (tertiary/aromatic N) is 2. The zero-order valence-corrected chi connectivity index (χ0v) is 11.2. The summed E-state index contributed by atoms with van der Waals surface area (Å²) in [5, 5.41) is 5.98. The number of aryl methyl sites for hydroxylation is 1. The maximum absolute atomic E-state index is 12.0. The number of hydrogen-bond donors (Lipinski definition) is 1. The van der Waals surface area contributed by atoms with Crippen molar-refractivity contribution in [3.8, 4) is 0 Å². The number of amides is 2. The predicted octanol–water partition coefficient (Wildman–Crippen LogP) is 2.54. The molecule has 0 saturated carbocycles. The number of carbonyl (C=O) groups excluding carboxylic acids is 1. The van der Waals surface area contributed by atoms with Crippen molar-refractivity contribution < 1.29 is 4.79 Å². The lowest BCUT2D eigenvalue weighted by atomic mass is 10.0. The molecule has 0 spiro atoms. The summed E-state index contributed by atoms with van der Waals surface area (Å²) in [6.07, 6.45) is 3.47. The molecule has 17 heavy (non-hydrogen) atoms. The van der Waals surface area contributed by atoms with Crippen molar-refractivity contribution in [3.63, 3.8) is 0 Å². The molecule has 2 heterocycles. The first kappa shape index (κ1) is 12.4. The summed E-state index contributed by atoms with van der Waals surface area (Å²) in [6.45, 7) is 5.50. The van der Waals surface area contributed by atoms with Crippen LogP contribution in [0.4, 0.5) is 4.79 Å². The van der Waals surface area contributed by atoms with Gasteiger partial charge in [-0.1, -0.05) is 0 Å². The molecule has 2 amide bonds. The van der Waals surface area contributed by atoms with E-state index in [1.165, 1.54) is 6.42 Å². The topological polar surface area (TPSA) is 45.2 Å². The molecule has 1 aliphatic heterocycles. The van der Waals surface area contributed by atoms with Gasteiger partial charge in [-0.15, -0.1) is 11.3 Å². The van der Waals surface area contributed by atoms with E-state index in [4.69, 9.17) is 0 Å². The van der Waals surface area contributed by atoms with Gasteiger partial charge in [0.25, 0.3) is 0 Å². The zero-order chi connectivity index (χ0) is 12.3. The van der Waals surface area contributed by atoms with E-state index in [9.17, 15) is 4.79 Å². The fourth-order valence-corrected chi connectivity index (χ4v) is 2.77. The first-order valence-corrected chi connectivity index (χ1v) is 7.00. The van der Waals surface area contributed by atoms with Crippen molar-refractivity contribution in [2.45, 2.75) is 45.7 Å². The summed E-state index contributed by atoms with van der Waals surface area (Å²) in [6, 6.07) is 0.406. The second-order valence-electron chi connectivity index (χ2n) is 4.55. The van der Waals surface area contributed by atoms with Gasteiger partial charge < -0.3 is 10.2 Å². The Morgan fingerprint density at radius 3 is 3.12 bits per heavy atom. The molecule has 1 N–H and O–H groups in total. The standard InChI is InChI=1S/C12H19N3OS/c1-9-5-3-4-6-15(9)12(16)13-7-11-8-17-10(2)14-11/h8-9H,3-7H2,1-2H3,(H,13,16). The van der Waals surface area contributed by atoms with E-state index in [0.29, 0.717) is 12.6 Å². The zero-order valence-electron chi connectivity index (χ0n) is 10.4. The number of hydrogen-bond acceptors (Lipinski definition) is 3. The molecule has 0 bridgehead atoms. The average molecular weight is 253 g/mol. The Balaban J connectivity index is 1.84. The Morgan fingerprint density at radius 2 is 2.47 bits per heavy atom. The van der Waals surface area contributed by atoms with Crippen molar-refractivity contribution in [2.75, 3.05) is 6.54 Å². The number of likely N-dealkylation sites (tertiary alicyclic amines) is 1. The minimum absolute atomic E-state index is 0.0443. The minimum Gasteiger partial charge on any atom is -0.332 e. The molecule has 0 aromatic carbocycles. The van der Waals surface area contributed by atoms with Crippen LogP contribution < -0.4 is 5.32 Å². The summed E-state index contributed by atoms with van der Waals surface area (Å²) in [5.74, 6) is 0. The maximum Gasteiger partial charge on any atom is 0.317 e. The van der Waals surface area contributed by atoms with E-state index in [-0.39, 0.29) is 6.03 Å². The van der Waals surface area contributed by atoms with Crippen LogP contribution in [0.2, 0.25) is 0 Å². The lowest BCUT2D eigenvalue weighted by molar-refractivity contribution is 0.157. The van der Waals surface area contributed by atoms with Crippen LogP contribution in [0.25, 0.3) is 0 Å². The Kier molecular flexibility index (Phi) is 3.99. The van der Waals surface area contributed by atoms with E-state index in [1.54, 1.807) is 11.3 Å². The van der Waals surface area contributed by atoms with Gasteiger partial charge in [-0.25, -0.2) is 9.78 Å². The first-order valence-electron chi connectivity index (χ1n) is 6.12. The van der Waals surface area contributed by atoms with Crippen LogP contribution in [0, 0.1) is 6.92 Å². The van der Waals surface area contributed by atoms with Gasteiger partial charge in [0.05, 0.1) is 17.2 Å². The van der Waals surface area contributed by atoms with Gasteiger partial charge in [-0.3, -0.25) is 0 Å². The molecule has 5 heteroatoms. The van der Waals surface area contributed by atoms with Crippen LogP contribution >= 0.6 is 11.3 Å². The first-order chi connectivity index (χ1) is 8.16. The van der Waals surface area contributed by atoms with Gasteiger partial charge in [0.2, 0.25) is 0 Å². The second-order valence-corrected chi connectivity index (χ2v) is 5.62. The molecule has 1 atom stereocenters. The number of piperidine rings is 1. The molecular weight excluding hydrogens is 234 g/mol. The molecule has 0 aliphatic carbocycles. The van der Waals surface area contributed by atoms with Gasteiger partial charge in [0.15, 0.2) is 0 Å². The Hall–Kier alpha value is -1.10. The SMILES string of the molecule is Cc1nc(CNC(=O)N2CCCCC2C)cs1. The van der Waals surface area contributed by atoms with Crippen LogP contribution in [0.1, 0.15) is 36.9 Å². The molecule has 1 aliphatic rings. The predicted molar refractivity (Wildman–Crippen MR) is 69.1 cm³/mol. The van der Waals surface area contributed by atoms with Crippen molar-refractivity contribution in [1.82, 2.24) is 15.2 Å². The van der Waals surface area contributed by atoms with Gasteiger partial charge in [0, 0.05) is 18.0 Å². The molecule has 4 nitrogen and oxygen atoms in total. The lowest BCUT2D eigenvalue weighted by Gasteiger charge is -2.33. The lowest BCUT2D eigenvalue weighted by Crippen LogP contribution is -2.47. The summed E-state index contributed by atoms with van der Waals surface area (Å²) >= 11 is 1.62. The van der Waals surface area contributed by atoms with E-state index in [1.807, 2.05) is 17.2 Å². The fourth-order valence-electron chi connectivity index (χ4n) is 2.16. The summed E-state index contributed by atoms with van der Waals surface area (Å²) in [5.41, 5.74) is 0.950. The monoisotopic (exact) mass is 253 g/mol. The van der Waals surface area contributed by atoms with Crippen molar-refractivity contribution in [1.29, 1.82) is 0 Å². The summed E-state index contributed by atoms with van der Waals surface area (Å²) in [4.78, 5) is 18.2. The second kappa shape index (κ2) is 5.49. The Morgan fingerprint density at radius 1 is 1.65 bits per heavy atom. The van der Waals surface area contributed by atoms with Gasteiger partial charge in [-0.2, -0.15) is 0 Å². The molecule has 94 valence electrons. The molecular formula is C12H19N3OS. The largest absolute Gasteiger partial charge is 0.332 e. The average Bonchev–Trinajstić information content (AvgIpc) is 2.73. The Bertz CT molecular complexity index is 391. The molecule has 1 fully saturated rings. The highest BCUT2D eigenvalue weighted by atomic mass is 32.1. The molecule has 1 aromatic rings. The van der Waals surface area contributed by atoms with E-state index in [2.05, 4.69) is 17.2 Å². The maximum atomic E-state index is 12.0. The number of thiazole rings is 1. The number of rotatable bonds is 2. The highest BCUT2D eigenvalue weighted by Gasteiger charge is 2.22. The summed E-state index contributed by atoms with van der Waals surface area (Å²) in [7, 11) is 0. The fraction of sp³-hybridized carbons (Fsp3) is 0.667. The van der Waals surface area contributed by atoms with Gasteiger partial charge >= 0.3 is 6.03 Å². The third-order valence-electron chi connectivity index (χ3n) is 3.15. The minimum atomic E-state index is 0.0443. The van der Waals surface area contributed by atoms with Crippen LogP contribution in [-0.4, -0.2) is 28.5 Å². The van der Waals surface area contributed by atoms with E-state index >= 15 is 0 Å². The highest BCUT2D eigenvalue weighted by Crippen LogP contribution is 2.16. The van der Waals surface area contributed by atoms with Gasteiger partial charge in [0.1, 0.15) is 0 Å². The number of urea groups is 1.